The van der Waals surface area contributed by atoms with Crippen molar-refractivity contribution in [2.45, 2.75) is 25.6 Å². The Morgan fingerprint density at radius 2 is 1.81 bits per heavy atom. The van der Waals surface area contributed by atoms with Crippen molar-refractivity contribution in [1.82, 2.24) is 5.32 Å². The molecule has 1 atom stereocenters. The summed E-state index contributed by atoms with van der Waals surface area (Å²) in [5.41, 5.74) is 1.15. The van der Waals surface area contributed by atoms with Crippen LogP contribution in [-0.2, 0) is 32.0 Å². The van der Waals surface area contributed by atoms with E-state index in [-0.39, 0.29) is 19.4 Å². The molecular weight excluding hydrogens is 355 g/mol. The summed E-state index contributed by atoms with van der Waals surface area (Å²) in [5, 5.41) is 2.31. The summed E-state index contributed by atoms with van der Waals surface area (Å²) in [4.78, 5) is 23.4. The van der Waals surface area contributed by atoms with E-state index in [0.29, 0.717) is 16.9 Å². The van der Waals surface area contributed by atoms with Crippen LogP contribution < -0.4 is 10.1 Å². The maximum absolute atomic E-state index is 12.3. The molecular formula is C17H22F3NO5. The topological polar surface area (TPSA) is 73.9 Å². The zero-order valence-corrected chi connectivity index (χ0v) is 14.8. The molecule has 0 saturated carbocycles. The van der Waals surface area contributed by atoms with Gasteiger partial charge in [0, 0.05) is 6.54 Å². The lowest BCUT2D eigenvalue weighted by molar-refractivity contribution is -0.152. The fourth-order valence-corrected chi connectivity index (χ4v) is 2.39. The van der Waals surface area contributed by atoms with Gasteiger partial charge in [-0.1, -0.05) is 6.07 Å². The molecule has 0 saturated heterocycles. The van der Waals surface area contributed by atoms with E-state index in [4.69, 9.17) is 9.47 Å². The van der Waals surface area contributed by atoms with Crippen LogP contribution >= 0.6 is 0 Å². The number of esters is 2. The number of carbonyl (C=O) groups excluding carboxylic acids is 2. The van der Waals surface area contributed by atoms with Gasteiger partial charge in [-0.15, -0.1) is 0 Å². The van der Waals surface area contributed by atoms with Crippen molar-refractivity contribution in [2.24, 2.45) is 5.92 Å². The van der Waals surface area contributed by atoms with E-state index in [1.807, 2.05) is 0 Å². The molecule has 0 aliphatic heterocycles. The Hall–Kier alpha value is -2.29. The molecule has 1 rings (SSSR count). The Kier molecular flexibility index (Phi) is 8.37. The lowest BCUT2D eigenvalue weighted by atomic mass is 9.93. The number of ether oxygens (including phenoxy) is 3. The molecule has 0 radical (unpaired) electrons. The number of hydrogen-bond donors (Lipinski definition) is 1. The lowest BCUT2D eigenvalue weighted by Crippen LogP contribution is -2.29. The Bertz CT molecular complexity index is 619. The number of hydrogen-bond acceptors (Lipinski definition) is 6. The Morgan fingerprint density at radius 1 is 1.12 bits per heavy atom. The molecule has 9 heteroatoms. The molecule has 0 spiro atoms. The van der Waals surface area contributed by atoms with Crippen LogP contribution in [0.4, 0.5) is 13.2 Å². The number of rotatable bonds is 9. The number of alkyl halides is 3. The second-order valence-corrected chi connectivity index (χ2v) is 5.56. The van der Waals surface area contributed by atoms with Crippen molar-refractivity contribution < 1.29 is 37.0 Å². The number of halogens is 3. The highest BCUT2D eigenvalue weighted by Crippen LogP contribution is 2.23. The monoisotopic (exact) mass is 377 g/mol. The van der Waals surface area contributed by atoms with E-state index >= 15 is 0 Å². The molecule has 0 unspecified atom stereocenters. The lowest BCUT2D eigenvalue weighted by Gasteiger charge is -2.17. The van der Waals surface area contributed by atoms with E-state index in [9.17, 15) is 22.8 Å². The molecule has 0 heterocycles. The summed E-state index contributed by atoms with van der Waals surface area (Å²) in [6.07, 6.45) is -4.40. The van der Waals surface area contributed by atoms with Crippen molar-refractivity contribution >= 4 is 11.9 Å². The summed E-state index contributed by atoms with van der Waals surface area (Å²) in [6.45, 7) is -1.22. The summed E-state index contributed by atoms with van der Waals surface area (Å²) >= 11 is 0. The van der Waals surface area contributed by atoms with Gasteiger partial charge in [0.05, 0.1) is 40.2 Å². The second kappa shape index (κ2) is 10.0. The van der Waals surface area contributed by atoms with Crippen LogP contribution in [-0.4, -0.2) is 46.0 Å². The standard InChI is InChI=1S/C17H22F3NO5/c1-24-14-5-4-11(13(7-14)9-21-10-17(18,19)20)6-12(16(23)26-3)8-15(22)25-2/h4-5,7,12,21H,6,8-10H2,1-3H3/t12-/m0/s1. The van der Waals surface area contributed by atoms with Gasteiger partial charge in [-0.05, 0) is 29.7 Å². The molecule has 0 bridgehead atoms. The first-order valence-electron chi connectivity index (χ1n) is 7.78. The number of benzene rings is 1. The number of carbonyl (C=O) groups is 2. The number of nitrogens with one attached hydrogen (secondary N) is 1. The van der Waals surface area contributed by atoms with Crippen LogP contribution in [0.5, 0.6) is 5.75 Å². The quantitative estimate of drug-likeness (QED) is 0.666. The molecule has 26 heavy (non-hydrogen) atoms. The molecule has 1 aromatic rings. The largest absolute Gasteiger partial charge is 0.497 e. The molecule has 0 aromatic heterocycles. The summed E-state index contributed by atoms with van der Waals surface area (Å²) in [7, 11) is 3.85. The third-order valence-corrected chi connectivity index (χ3v) is 3.70. The maximum atomic E-state index is 12.3. The summed E-state index contributed by atoms with van der Waals surface area (Å²) < 4.78 is 51.4. The Morgan fingerprint density at radius 3 is 2.35 bits per heavy atom. The molecule has 1 N–H and O–H groups in total. The number of methoxy groups -OCH3 is 3. The predicted octanol–water partition coefficient (Wildman–Crippen LogP) is 2.24. The van der Waals surface area contributed by atoms with Crippen LogP contribution in [0.3, 0.4) is 0 Å². The van der Waals surface area contributed by atoms with Gasteiger partial charge in [-0.2, -0.15) is 13.2 Å². The highest BCUT2D eigenvalue weighted by atomic mass is 19.4. The van der Waals surface area contributed by atoms with Gasteiger partial charge >= 0.3 is 18.1 Å². The highest BCUT2D eigenvalue weighted by molar-refractivity contribution is 5.80. The molecule has 0 amide bonds. The van der Waals surface area contributed by atoms with Crippen molar-refractivity contribution in [2.75, 3.05) is 27.9 Å². The molecule has 0 aliphatic rings. The second-order valence-electron chi connectivity index (χ2n) is 5.56. The smallest absolute Gasteiger partial charge is 0.401 e. The van der Waals surface area contributed by atoms with E-state index in [1.54, 1.807) is 18.2 Å². The maximum Gasteiger partial charge on any atom is 0.401 e. The van der Waals surface area contributed by atoms with Crippen LogP contribution in [0.1, 0.15) is 17.5 Å². The third-order valence-electron chi connectivity index (χ3n) is 3.70. The zero-order valence-electron chi connectivity index (χ0n) is 14.8. The minimum absolute atomic E-state index is 0.0713. The molecule has 0 aliphatic carbocycles. The molecule has 6 nitrogen and oxygen atoms in total. The van der Waals surface area contributed by atoms with Gasteiger partial charge in [0.2, 0.25) is 0 Å². The average molecular weight is 377 g/mol. The van der Waals surface area contributed by atoms with E-state index < -0.39 is 30.6 Å². The summed E-state index contributed by atoms with van der Waals surface area (Å²) in [5.74, 6) is -1.51. The fraction of sp³-hybridized carbons (Fsp3) is 0.529. The van der Waals surface area contributed by atoms with Gasteiger partial charge in [-0.25, -0.2) is 0 Å². The predicted molar refractivity (Wildman–Crippen MR) is 86.6 cm³/mol. The zero-order chi connectivity index (χ0) is 19.7. The van der Waals surface area contributed by atoms with Gasteiger partial charge in [-0.3, -0.25) is 9.59 Å². The van der Waals surface area contributed by atoms with E-state index in [2.05, 4.69) is 10.1 Å². The summed E-state index contributed by atoms with van der Waals surface area (Å²) in [6, 6.07) is 4.87. The molecule has 1 aromatic carbocycles. The van der Waals surface area contributed by atoms with Gasteiger partial charge in [0.25, 0.3) is 0 Å². The van der Waals surface area contributed by atoms with Gasteiger partial charge < -0.3 is 19.5 Å². The van der Waals surface area contributed by atoms with Gasteiger partial charge in [0.1, 0.15) is 5.75 Å². The molecule has 0 fully saturated rings. The Balaban J connectivity index is 2.99. The first-order valence-corrected chi connectivity index (χ1v) is 7.78. The minimum atomic E-state index is -4.33. The first kappa shape index (κ1) is 21.8. The van der Waals surface area contributed by atoms with Crippen molar-refractivity contribution in [3.05, 3.63) is 29.3 Å². The van der Waals surface area contributed by atoms with Crippen LogP contribution in [0.2, 0.25) is 0 Å². The van der Waals surface area contributed by atoms with E-state index in [1.165, 1.54) is 21.3 Å². The van der Waals surface area contributed by atoms with Crippen molar-refractivity contribution in [1.29, 1.82) is 0 Å². The third kappa shape index (κ3) is 7.30. The fourth-order valence-electron chi connectivity index (χ4n) is 2.39. The average Bonchev–Trinajstić information content (AvgIpc) is 2.60. The highest BCUT2D eigenvalue weighted by Gasteiger charge is 2.27. The first-order chi connectivity index (χ1) is 12.2. The normalized spacial score (nSPS) is 12.4. The Labute approximate surface area is 149 Å². The van der Waals surface area contributed by atoms with Crippen molar-refractivity contribution in [3.8, 4) is 5.75 Å². The van der Waals surface area contributed by atoms with Crippen LogP contribution in [0.25, 0.3) is 0 Å². The van der Waals surface area contributed by atoms with Gasteiger partial charge in [0.15, 0.2) is 0 Å². The molecule has 146 valence electrons. The minimum Gasteiger partial charge on any atom is -0.497 e. The van der Waals surface area contributed by atoms with E-state index in [0.717, 1.165) is 0 Å². The van der Waals surface area contributed by atoms with Crippen LogP contribution in [0.15, 0.2) is 18.2 Å². The van der Waals surface area contributed by atoms with Crippen LogP contribution in [0, 0.1) is 5.92 Å². The van der Waals surface area contributed by atoms with Crippen molar-refractivity contribution in [3.63, 3.8) is 0 Å². The SMILES string of the molecule is COC(=O)C[C@H](Cc1ccc(OC)cc1CNCC(F)(F)F)C(=O)OC.